The molecule has 3 heterocycles. The quantitative estimate of drug-likeness (QED) is 0.915. The number of nitrogens with zero attached hydrogens (tertiary/aromatic N) is 1. The van der Waals surface area contributed by atoms with Gasteiger partial charge in [0.05, 0.1) is 4.88 Å². The Morgan fingerprint density at radius 3 is 2.91 bits per heavy atom. The highest BCUT2D eigenvalue weighted by atomic mass is 32.1. The van der Waals surface area contributed by atoms with Gasteiger partial charge >= 0.3 is 0 Å². The van der Waals surface area contributed by atoms with Crippen molar-refractivity contribution in [2.24, 2.45) is 5.92 Å². The monoisotopic (exact) mass is 314 g/mol. The summed E-state index contributed by atoms with van der Waals surface area (Å²) in [5, 5.41) is 12.7. The van der Waals surface area contributed by atoms with Crippen LogP contribution in [-0.2, 0) is 0 Å². The molecule has 2 bridgehead atoms. The SMILES string of the molecule is O=C(N[C@H]1CN2CC[C@H]1C2)c1ccc(-c2cccc(O)c2)s1. The van der Waals surface area contributed by atoms with E-state index in [2.05, 4.69) is 10.2 Å². The molecule has 1 aromatic carbocycles. The molecule has 2 aliphatic rings. The summed E-state index contributed by atoms with van der Waals surface area (Å²) in [4.78, 5) is 16.6. The Labute approximate surface area is 133 Å². The molecule has 1 amide bonds. The van der Waals surface area contributed by atoms with E-state index in [-0.39, 0.29) is 11.7 Å². The summed E-state index contributed by atoms with van der Waals surface area (Å²) in [6, 6.07) is 11.2. The number of hydrogen-bond donors (Lipinski definition) is 2. The topological polar surface area (TPSA) is 52.6 Å². The lowest BCUT2D eigenvalue weighted by Gasteiger charge is -2.22. The molecule has 2 aliphatic heterocycles. The third-order valence-corrected chi connectivity index (χ3v) is 5.74. The van der Waals surface area contributed by atoms with E-state index in [0.717, 1.165) is 28.4 Å². The van der Waals surface area contributed by atoms with Gasteiger partial charge in [-0.25, -0.2) is 0 Å². The van der Waals surface area contributed by atoms with E-state index in [1.165, 1.54) is 24.3 Å². The third-order valence-electron chi connectivity index (χ3n) is 4.61. The Morgan fingerprint density at radius 1 is 1.27 bits per heavy atom. The minimum Gasteiger partial charge on any atom is -0.508 e. The highest BCUT2D eigenvalue weighted by Crippen LogP contribution is 2.31. The largest absolute Gasteiger partial charge is 0.508 e. The second kappa shape index (κ2) is 5.41. The zero-order valence-corrected chi connectivity index (χ0v) is 13.0. The van der Waals surface area contributed by atoms with Crippen LogP contribution in [0.4, 0.5) is 0 Å². The predicted octanol–water partition coefficient (Wildman–Crippen LogP) is 2.55. The number of phenols is 1. The molecule has 1 unspecified atom stereocenters. The van der Waals surface area contributed by atoms with Gasteiger partial charge in [-0.2, -0.15) is 0 Å². The van der Waals surface area contributed by atoms with Crippen LogP contribution in [0.5, 0.6) is 5.75 Å². The zero-order valence-electron chi connectivity index (χ0n) is 12.2. The number of phenolic OH excluding ortho intramolecular Hbond substituents is 1. The molecule has 5 heteroatoms. The molecule has 0 spiro atoms. The number of thiophene rings is 1. The maximum Gasteiger partial charge on any atom is 0.261 e. The van der Waals surface area contributed by atoms with Crippen LogP contribution in [0.2, 0.25) is 0 Å². The van der Waals surface area contributed by atoms with Crippen molar-refractivity contribution in [3.8, 4) is 16.2 Å². The fourth-order valence-corrected chi connectivity index (χ4v) is 4.37. The second-order valence-electron chi connectivity index (χ2n) is 6.10. The molecular formula is C17H18N2O2S. The van der Waals surface area contributed by atoms with Crippen LogP contribution in [0.3, 0.4) is 0 Å². The van der Waals surface area contributed by atoms with Gasteiger partial charge < -0.3 is 15.3 Å². The Bertz CT molecular complexity index is 712. The number of nitrogens with one attached hydrogen (secondary N) is 1. The summed E-state index contributed by atoms with van der Waals surface area (Å²) in [5.41, 5.74) is 0.940. The molecule has 3 atom stereocenters. The first-order valence-corrected chi connectivity index (χ1v) is 8.43. The van der Waals surface area contributed by atoms with Gasteiger partial charge in [0.1, 0.15) is 5.75 Å². The number of amides is 1. The first-order valence-electron chi connectivity index (χ1n) is 7.61. The molecule has 2 aromatic rings. The van der Waals surface area contributed by atoms with Crippen molar-refractivity contribution in [2.75, 3.05) is 19.6 Å². The molecule has 0 saturated carbocycles. The number of fused-ring (bicyclic) bond motifs is 2. The lowest BCUT2D eigenvalue weighted by molar-refractivity contribution is 0.0928. The number of hydrogen-bond acceptors (Lipinski definition) is 4. The lowest BCUT2D eigenvalue weighted by Crippen LogP contribution is -2.42. The number of carbonyl (C=O) groups is 1. The van der Waals surface area contributed by atoms with Crippen molar-refractivity contribution >= 4 is 17.2 Å². The van der Waals surface area contributed by atoms with Crippen LogP contribution in [0.1, 0.15) is 16.1 Å². The summed E-state index contributed by atoms with van der Waals surface area (Å²) in [6.45, 7) is 3.29. The number of carbonyl (C=O) groups excluding carboxylic acids is 1. The molecular weight excluding hydrogens is 296 g/mol. The van der Waals surface area contributed by atoms with Crippen molar-refractivity contribution in [3.05, 3.63) is 41.3 Å². The van der Waals surface area contributed by atoms with Crippen LogP contribution in [0.25, 0.3) is 10.4 Å². The fraction of sp³-hybridized carbons (Fsp3) is 0.353. The maximum absolute atomic E-state index is 12.4. The number of rotatable bonds is 3. The van der Waals surface area contributed by atoms with E-state index in [1.807, 2.05) is 24.3 Å². The Kier molecular flexibility index (Phi) is 3.39. The number of benzene rings is 1. The van der Waals surface area contributed by atoms with E-state index in [1.54, 1.807) is 12.1 Å². The molecule has 22 heavy (non-hydrogen) atoms. The molecule has 2 saturated heterocycles. The van der Waals surface area contributed by atoms with Crippen molar-refractivity contribution in [2.45, 2.75) is 12.5 Å². The van der Waals surface area contributed by atoms with Gasteiger partial charge in [-0.15, -0.1) is 11.3 Å². The summed E-state index contributed by atoms with van der Waals surface area (Å²) in [7, 11) is 0. The average Bonchev–Trinajstić information content (AvgIpc) is 3.23. The molecule has 0 aliphatic carbocycles. The fourth-order valence-electron chi connectivity index (χ4n) is 3.46. The van der Waals surface area contributed by atoms with Crippen LogP contribution < -0.4 is 5.32 Å². The first-order chi connectivity index (χ1) is 10.7. The van der Waals surface area contributed by atoms with Crippen molar-refractivity contribution in [1.29, 1.82) is 0 Å². The lowest BCUT2D eigenvalue weighted by atomic mass is 10.00. The zero-order chi connectivity index (χ0) is 15.1. The third kappa shape index (κ3) is 2.51. The molecule has 114 valence electrons. The Morgan fingerprint density at radius 2 is 2.18 bits per heavy atom. The van der Waals surface area contributed by atoms with E-state index in [4.69, 9.17) is 0 Å². The van der Waals surface area contributed by atoms with Crippen molar-refractivity contribution in [3.63, 3.8) is 0 Å². The van der Waals surface area contributed by atoms with Gasteiger partial charge in [0, 0.05) is 24.0 Å². The molecule has 4 rings (SSSR count). The van der Waals surface area contributed by atoms with E-state index >= 15 is 0 Å². The van der Waals surface area contributed by atoms with E-state index in [0.29, 0.717) is 12.0 Å². The minimum absolute atomic E-state index is 0.0233. The maximum atomic E-state index is 12.4. The second-order valence-corrected chi connectivity index (χ2v) is 7.19. The van der Waals surface area contributed by atoms with Crippen LogP contribution in [-0.4, -0.2) is 41.6 Å². The Balaban J connectivity index is 1.48. The van der Waals surface area contributed by atoms with Gasteiger partial charge in [0.25, 0.3) is 5.91 Å². The van der Waals surface area contributed by atoms with Gasteiger partial charge in [-0.1, -0.05) is 12.1 Å². The summed E-state index contributed by atoms with van der Waals surface area (Å²) in [5.74, 6) is 0.887. The Hall–Kier alpha value is -1.85. The highest BCUT2D eigenvalue weighted by Gasteiger charge is 2.38. The standard InChI is InChI=1S/C17H18N2O2S/c20-13-3-1-2-11(8-13)15-4-5-16(22-15)17(21)18-14-10-19-7-6-12(14)9-19/h1-5,8,12,14,20H,6-7,9-10H2,(H,18,21)/t12-,14-/m0/s1. The predicted molar refractivity (Wildman–Crippen MR) is 87.2 cm³/mol. The van der Waals surface area contributed by atoms with Gasteiger partial charge in [-0.3, -0.25) is 4.79 Å². The molecule has 2 N–H and O–H groups in total. The van der Waals surface area contributed by atoms with Crippen LogP contribution >= 0.6 is 11.3 Å². The van der Waals surface area contributed by atoms with Gasteiger partial charge in [0.15, 0.2) is 0 Å². The average molecular weight is 314 g/mol. The molecule has 2 fully saturated rings. The van der Waals surface area contributed by atoms with E-state index in [9.17, 15) is 9.90 Å². The molecule has 0 radical (unpaired) electrons. The highest BCUT2D eigenvalue weighted by molar-refractivity contribution is 7.17. The summed E-state index contributed by atoms with van der Waals surface area (Å²) in [6.07, 6.45) is 1.20. The van der Waals surface area contributed by atoms with Crippen molar-refractivity contribution in [1.82, 2.24) is 10.2 Å². The molecule has 1 aromatic heterocycles. The van der Waals surface area contributed by atoms with Crippen molar-refractivity contribution < 1.29 is 9.90 Å². The van der Waals surface area contributed by atoms with Crippen LogP contribution in [0.15, 0.2) is 36.4 Å². The van der Waals surface area contributed by atoms with E-state index < -0.39 is 0 Å². The number of piperidine rings is 1. The first kappa shape index (κ1) is 13.8. The normalized spacial score (nSPS) is 26.3. The molecule has 4 nitrogen and oxygen atoms in total. The minimum atomic E-state index is 0.0233. The van der Waals surface area contributed by atoms with Crippen LogP contribution in [0, 0.1) is 5.92 Å². The van der Waals surface area contributed by atoms with Gasteiger partial charge in [-0.05, 0) is 48.7 Å². The number of aromatic hydroxyl groups is 1. The summed E-state index contributed by atoms with van der Waals surface area (Å²) < 4.78 is 0. The smallest absolute Gasteiger partial charge is 0.261 e. The summed E-state index contributed by atoms with van der Waals surface area (Å²) >= 11 is 1.47. The van der Waals surface area contributed by atoms with Gasteiger partial charge in [0.2, 0.25) is 0 Å².